The Morgan fingerprint density at radius 3 is 2.33 bits per heavy atom. The Labute approximate surface area is 173 Å². The minimum atomic E-state index is -0.296. The van der Waals surface area contributed by atoms with Crippen LogP contribution in [-0.4, -0.2) is 11.0 Å². The smallest absolute Gasteiger partial charge is 0.255 e. The molecule has 0 spiro atoms. The maximum Gasteiger partial charge on any atom is 0.255 e. The molecular weight excluding hydrogens is 422 g/mol. The summed E-state index contributed by atoms with van der Waals surface area (Å²) in [6.07, 6.45) is 0. The highest BCUT2D eigenvalue weighted by molar-refractivity contribution is 9.10. The first kappa shape index (κ1) is 19.6. The average molecular weight is 444 g/mol. The second-order valence-electron chi connectivity index (χ2n) is 6.85. The van der Waals surface area contributed by atoms with Gasteiger partial charge >= 0.3 is 0 Å². The summed E-state index contributed by atoms with van der Waals surface area (Å²) in [4.78, 5) is 13.0. The van der Waals surface area contributed by atoms with Gasteiger partial charge in [-0.05, 0) is 60.5 Å². The SMILES string of the molecule is CC1=C(C(=O)Nc2ccc(Br)cc2)C(c2ccc(C(C)C)cc2)NC(=S)N1. The van der Waals surface area contributed by atoms with Crippen molar-refractivity contribution in [3.63, 3.8) is 0 Å². The van der Waals surface area contributed by atoms with Crippen LogP contribution in [0.5, 0.6) is 0 Å². The normalized spacial score (nSPS) is 16.8. The van der Waals surface area contributed by atoms with Crippen molar-refractivity contribution in [2.45, 2.75) is 32.7 Å². The molecule has 4 nitrogen and oxygen atoms in total. The third kappa shape index (κ3) is 4.57. The Kier molecular flexibility index (Phi) is 5.97. The Hall–Kier alpha value is -2.18. The quantitative estimate of drug-likeness (QED) is 0.581. The number of anilines is 1. The van der Waals surface area contributed by atoms with Crippen molar-refractivity contribution in [3.8, 4) is 0 Å². The van der Waals surface area contributed by atoms with Crippen molar-refractivity contribution in [1.29, 1.82) is 0 Å². The van der Waals surface area contributed by atoms with Gasteiger partial charge in [-0.3, -0.25) is 4.79 Å². The van der Waals surface area contributed by atoms with Gasteiger partial charge < -0.3 is 16.0 Å². The van der Waals surface area contributed by atoms with E-state index in [1.54, 1.807) is 0 Å². The van der Waals surface area contributed by atoms with E-state index in [0.29, 0.717) is 16.6 Å². The molecule has 3 rings (SSSR count). The Bertz CT molecular complexity index is 889. The van der Waals surface area contributed by atoms with E-state index in [4.69, 9.17) is 12.2 Å². The highest BCUT2D eigenvalue weighted by atomic mass is 79.9. The number of thiocarbonyl (C=S) groups is 1. The lowest BCUT2D eigenvalue weighted by atomic mass is 9.92. The molecular formula is C21H22BrN3OS. The second-order valence-corrected chi connectivity index (χ2v) is 8.18. The fourth-order valence-electron chi connectivity index (χ4n) is 3.05. The van der Waals surface area contributed by atoms with Gasteiger partial charge in [0, 0.05) is 15.9 Å². The fraction of sp³-hybridized carbons (Fsp3) is 0.238. The summed E-state index contributed by atoms with van der Waals surface area (Å²) in [6.45, 7) is 6.20. The molecule has 1 aliphatic heterocycles. The second kappa shape index (κ2) is 8.23. The van der Waals surface area contributed by atoms with Gasteiger partial charge in [0.25, 0.3) is 5.91 Å². The van der Waals surface area contributed by atoms with E-state index < -0.39 is 0 Å². The van der Waals surface area contributed by atoms with Gasteiger partial charge in [0.15, 0.2) is 5.11 Å². The van der Waals surface area contributed by atoms with Crippen LogP contribution in [-0.2, 0) is 4.79 Å². The van der Waals surface area contributed by atoms with E-state index in [1.807, 2.05) is 31.2 Å². The number of allylic oxidation sites excluding steroid dienone is 1. The third-order valence-electron chi connectivity index (χ3n) is 4.55. The van der Waals surface area contributed by atoms with Gasteiger partial charge in [0.05, 0.1) is 11.6 Å². The summed E-state index contributed by atoms with van der Waals surface area (Å²) in [5, 5.41) is 9.79. The minimum absolute atomic E-state index is 0.157. The number of hydrogen-bond acceptors (Lipinski definition) is 2. The first-order chi connectivity index (χ1) is 12.8. The van der Waals surface area contributed by atoms with E-state index in [0.717, 1.165) is 21.4 Å². The predicted octanol–water partition coefficient (Wildman–Crippen LogP) is 5.00. The summed E-state index contributed by atoms with van der Waals surface area (Å²) in [6, 6.07) is 15.5. The molecule has 1 unspecified atom stereocenters. The maximum absolute atomic E-state index is 13.0. The van der Waals surface area contributed by atoms with E-state index in [1.165, 1.54) is 5.56 Å². The standard InChI is InChI=1S/C21H22BrN3OS/c1-12(2)14-4-6-15(7-5-14)19-18(13(3)23-21(27)25-19)20(26)24-17-10-8-16(22)9-11-17/h4-12,19H,1-3H3,(H,24,26)(H2,23,25,27). The molecule has 0 bridgehead atoms. The van der Waals surface area contributed by atoms with E-state index in [2.05, 4.69) is 70.0 Å². The molecule has 6 heteroatoms. The van der Waals surface area contributed by atoms with Crippen LogP contribution in [0.2, 0.25) is 0 Å². The first-order valence-corrected chi connectivity index (χ1v) is 10.0. The molecule has 1 atom stereocenters. The largest absolute Gasteiger partial charge is 0.351 e. The summed E-state index contributed by atoms with van der Waals surface area (Å²) >= 11 is 8.72. The van der Waals surface area contributed by atoms with Crippen molar-refractivity contribution < 1.29 is 4.79 Å². The third-order valence-corrected chi connectivity index (χ3v) is 5.30. The first-order valence-electron chi connectivity index (χ1n) is 8.80. The molecule has 2 aromatic rings. The molecule has 1 amide bonds. The Morgan fingerprint density at radius 2 is 1.74 bits per heavy atom. The summed E-state index contributed by atoms with van der Waals surface area (Å²) in [7, 11) is 0. The fourth-order valence-corrected chi connectivity index (χ4v) is 3.59. The van der Waals surface area contributed by atoms with Crippen LogP contribution in [0.4, 0.5) is 5.69 Å². The molecule has 0 aromatic heterocycles. The van der Waals surface area contributed by atoms with E-state index in [9.17, 15) is 4.79 Å². The summed E-state index contributed by atoms with van der Waals surface area (Å²) < 4.78 is 0.963. The predicted molar refractivity (Wildman–Crippen MR) is 118 cm³/mol. The van der Waals surface area contributed by atoms with Gasteiger partial charge in [-0.25, -0.2) is 0 Å². The maximum atomic E-state index is 13.0. The summed E-state index contributed by atoms with van der Waals surface area (Å²) in [5.41, 5.74) is 4.39. The van der Waals surface area contributed by atoms with Gasteiger partial charge in [-0.1, -0.05) is 54.0 Å². The van der Waals surface area contributed by atoms with Crippen molar-refractivity contribution in [3.05, 3.63) is 75.4 Å². The zero-order valence-corrected chi connectivity index (χ0v) is 17.9. The number of carbonyl (C=O) groups excluding carboxylic acids is 1. The molecule has 0 fully saturated rings. The average Bonchev–Trinajstić information content (AvgIpc) is 2.63. The molecule has 0 aliphatic carbocycles. The van der Waals surface area contributed by atoms with Gasteiger partial charge in [-0.15, -0.1) is 0 Å². The van der Waals surface area contributed by atoms with Crippen molar-refractivity contribution in [2.24, 2.45) is 0 Å². The lowest BCUT2D eigenvalue weighted by molar-refractivity contribution is -0.113. The van der Waals surface area contributed by atoms with E-state index >= 15 is 0 Å². The van der Waals surface area contributed by atoms with Crippen LogP contribution in [0, 0.1) is 0 Å². The molecule has 0 radical (unpaired) electrons. The number of amides is 1. The monoisotopic (exact) mass is 443 g/mol. The zero-order valence-electron chi connectivity index (χ0n) is 15.5. The van der Waals surface area contributed by atoms with Crippen molar-refractivity contribution in [2.75, 3.05) is 5.32 Å². The number of halogens is 1. The zero-order chi connectivity index (χ0) is 19.6. The number of rotatable bonds is 4. The van der Waals surface area contributed by atoms with Crippen molar-refractivity contribution in [1.82, 2.24) is 10.6 Å². The Balaban J connectivity index is 1.91. The topological polar surface area (TPSA) is 53.2 Å². The molecule has 2 aromatic carbocycles. The van der Waals surface area contributed by atoms with Gasteiger partial charge in [-0.2, -0.15) is 0 Å². The van der Waals surface area contributed by atoms with Crippen LogP contribution < -0.4 is 16.0 Å². The molecule has 0 saturated heterocycles. The highest BCUT2D eigenvalue weighted by Gasteiger charge is 2.29. The molecule has 27 heavy (non-hydrogen) atoms. The molecule has 140 valence electrons. The van der Waals surface area contributed by atoms with Gasteiger partial charge in [0.1, 0.15) is 0 Å². The Morgan fingerprint density at radius 1 is 1.11 bits per heavy atom. The highest BCUT2D eigenvalue weighted by Crippen LogP contribution is 2.29. The van der Waals surface area contributed by atoms with Crippen LogP contribution in [0.15, 0.2) is 64.3 Å². The number of hydrogen-bond donors (Lipinski definition) is 3. The van der Waals surface area contributed by atoms with Crippen LogP contribution in [0.25, 0.3) is 0 Å². The minimum Gasteiger partial charge on any atom is -0.351 e. The number of benzene rings is 2. The van der Waals surface area contributed by atoms with Crippen molar-refractivity contribution >= 4 is 44.9 Å². The van der Waals surface area contributed by atoms with Gasteiger partial charge in [0.2, 0.25) is 0 Å². The molecule has 0 saturated carbocycles. The number of nitrogens with one attached hydrogen (secondary N) is 3. The summed E-state index contributed by atoms with van der Waals surface area (Å²) in [5.74, 6) is 0.300. The number of carbonyl (C=O) groups is 1. The molecule has 3 N–H and O–H groups in total. The lowest BCUT2D eigenvalue weighted by Crippen LogP contribution is -2.45. The van der Waals surface area contributed by atoms with Crippen LogP contribution in [0.1, 0.15) is 43.9 Å². The molecule has 1 aliphatic rings. The lowest BCUT2D eigenvalue weighted by Gasteiger charge is -2.30. The van der Waals surface area contributed by atoms with Crippen LogP contribution in [0.3, 0.4) is 0 Å². The van der Waals surface area contributed by atoms with E-state index in [-0.39, 0.29) is 11.9 Å². The van der Waals surface area contributed by atoms with Crippen LogP contribution >= 0.6 is 28.1 Å². The molecule has 1 heterocycles.